The molecular formula is C14H19NO2. The van der Waals surface area contributed by atoms with Crippen LogP contribution in [0.2, 0.25) is 0 Å². The highest BCUT2D eigenvalue weighted by Gasteiger charge is 2.29. The van der Waals surface area contributed by atoms with Crippen LogP contribution in [0.5, 0.6) is 0 Å². The summed E-state index contributed by atoms with van der Waals surface area (Å²) in [6, 6.07) is 8.68. The maximum Gasteiger partial charge on any atom is 0.307 e. The molecule has 0 aromatic heterocycles. The van der Waals surface area contributed by atoms with Gasteiger partial charge in [0.15, 0.2) is 0 Å². The van der Waals surface area contributed by atoms with E-state index in [1.165, 1.54) is 11.1 Å². The van der Waals surface area contributed by atoms with E-state index in [-0.39, 0.29) is 12.0 Å². The molecule has 0 amide bonds. The number of rotatable bonds is 3. The third kappa shape index (κ3) is 2.67. The summed E-state index contributed by atoms with van der Waals surface area (Å²) in [5, 5.41) is 12.2. The van der Waals surface area contributed by atoms with Gasteiger partial charge in [0.25, 0.3) is 0 Å². The number of benzene rings is 1. The van der Waals surface area contributed by atoms with Gasteiger partial charge in [0.05, 0.1) is 5.92 Å². The molecule has 0 spiro atoms. The summed E-state index contributed by atoms with van der Waals surface area (Å²) in [4.78, 5) is 10.9. The molecule has 2 N–H and O–H groups in total. The van der Waals surface area contributed by atoms with Gasteiger partial charge in [0.2, 0.25) is 0 Å². The van der Waals surface area contributed by atoms with Gasteiger partial charge in [-0.1, -0.05) is 38.1 Å². The van der Waals surface area contributed by atoms with Gasteiger partial charge in [-0.2, -0.15) is 0 Å². The molecule has 2 atom stereocenters. The van der Waals surface area contributed by atoms with Crippen LogP contribution in [0.3, 0.4) is 0 Å². The van der Waals surface area contributed by atoms with Gasteiger partial charge in [0, 0.05) is 12.6 Å². The molecule has 3 nitrogen and oxygen atoms in total. The molecule has 0 radical (unpaired) electrons. The second-order valence-electron chi connectivity index (χ2n) is 5.05. The topological polar surface area (TPSA) is 49.3 Å². The third-order valence-electron chi connectivity index (χ3n) is 3.49. The van der Waals surface area contributed by atoms with Gasteiger partial charge in [-0.15, -0.1) is 0 Å². The van der Waals surface area contributed by atoms with Crippen LogP contribution in [-0.2, 0) is 4.79 Å². The number of nitrogens with one attached hydrogen (secondary N) is 1. The predicted octanol–water partition coefficient (Wildman–Crippen LogP) is 2.55. The molecule has 0 bridgehead atoms. The molecule has 1 aromatic carbocycles. The zero-order valence-corrected chi connectivity index (χ0v) is 10.3. The van der Waals surface area contributed by atoms with Crippen LogP contribution in [0, 0.1) is 5.92 Å². The fourth-order valence-corrected chi connectivity index (χ4v) is 2.29. The van der Waals surface area contributed by atoms with Gasteiger partial charge in [-0.05, 0) is 23.5 Å². The first kappa shape index (κ1) is 12.1. The molecule has 92 valence electrons. The zero-order chi connectivity index (χ0) is 12.4. The first-order chi connectivity index (χ1) is 8.08. The van der Waals surface area contributed by atoms with E-state index in [2.05, 4.69) is 43.4 Å². The Morgan fingerprint density at radius 2 is 2.00 bits per heavy atom. The Balaban J connectivity index is 2.06. The maximum atomic E-state index is 10.9. The molecule has 17 heavy (non-hydrogen) atoms. The lowest BCUT2D eigenvalue weighted by molar-refractivity contribution is -0.141. The van der Waals surface area contributed by atoms with Crippen LogP contribution < -0.4 is 5.32 Å². The SMILES string of the molecule is CC(C)c1ccc(C2CC(C(=O)O)CN2)cc1. The monoisotopic (exact) mass is 233 g/mol. The van der Waals surface area contributed by atoms with Crippen molar-refractivity contribution in [1.82, 2.24) is 5.32 Å². The van der Waals surface area contributed by atoms with Crippen molar-refractivity contribution in [2.24, 2.45) is 5.92 Å². The number of carboxylic acids is 1. The Bertz CT molecular complexity index is 397. The number of aliphatic carboxylic acids is 1. The van der Waals surface area contributed by atoms with Crippen LogP contribution >= 0.6 is 0 Å². The molecule has 0 saturated carbocycles. The first-order valence-electron chi connectivity index (χ1n) is 6.14. The lowest BCUT2D eigenvalue weighted by Crippen LogP contribution is -2.17. The molecule has 3 heteroatoms. The third-order valence-corrected chi connectivity index (χ3v) is 3.49. The minimum Gasteiger partial charge on any atom is -0.481 e. The van der Waals surface area contributed by atoms with E-state index in [0.29, 0.717) is 18.9 Å². The normalized spacial score (nSPS) is 24.2. The van der Waals surface area contributed by atoms with E-state index in [0.717, 1.165) is 0 Å². The van der Waals surface area contributed by atoms with Crippen LogP contribution in [0.1, 0.15) is 43.4 Å². The summed E-state index contributed by atoms with van der Waals surface area (Å²) in [6.45, 7) is 4.92. The summed E-state index contributed by atoms with van der Waals surface area (Å²) in [5.74, 6) is -0.407. The van der Waals surface area contributed by atoms with E-state index < -0.39 is 5.97 Å². The van der Waals surface area contributed by atoms with Crippen molar-refractivity contribution in [1.29, 1.82) is 0 Å². The van der Waals surface area contributed by atoms with Crippen LogP contribution in [0.4, 0.5) is 0 Å². The van der Waals surface area contributed by atoms with Crippen molar-refractivity contribution in [2.75, 3.05) is 6.54 Å². The van der Waals surface area contributed by atoms with Crippen LogP contribution in [0.25, 0.3) is 0 Å². The Labute approximate surface area is 102 Å². The number of hydrogen-bond donors (Lipinski definition) is 2. The summed E-state index contributed by atoms with van der Waals surface area (Å²) in [7, 11) is 0. The molecule has 1 fully saturated rings. The van der Waals surface area contributed by atoms with E-state index in [4.69, 9.17) is 5.11 Å². The highest BCUT2D eigenvalue weighted by Crippen LogP contribution is 2.28. The summed E-state index contributed by atoms with van der Waals surface area (Å²) >= 11 is 0. The number of carboxylic acid groups (broad SMARTS) is 1. The van der Waals surface area contributed by atoms with Gasteiger partial charge in [-0.3, -0.25) is 4.79 Å². The highest BCUT2D eigenvalue weighted by molar-refractivity contribution is 5.70. The maximum absolute atomic E-state index is 10.9. The molecule has 2 unspecified atom stereocenters. The molecule has 1 saturated heterocycles. The molecular weight excluding hydrogens is 214 g/mol. The fourth-order valence-electron chi connectivity index (χ4n) is 2.29. The number of carbonyl (C=O) groups is 1. The zero-order valence-electron chi connectivity index (χ0n) is 10.3. The quantitative estimate of drug-likeness (QED) is 0.843. The van der Waals surface area contributed by atoms with Gasteiger partial charge in [-0.25, -0.2) is 0 Å². The summed E-state index contributed by atoms with van der Waals surface area (Å²) < 4.78 is 0. The Morgan fingerprint density at radius 1 is 1.35 bits per heavy atom. The Kier molecular flexibility index (Phi) is 3.48. The summed E-state index contributed by atoms with van der Waals surface area (Å²) in [5.41, 5.74) is 2.51. The minimum absolute atomic E-state index is 0.192. The first-order valence-corrected chi connectivity index (χ1v) is 6.14. The van der Waals surface area contributed by atoms with Crippen molar-refractivity contribution in [3.63, 3.8) is 0 Å². The largest absolute Gasteiger partial charge is 0.481 e. The van der Waals surface area contributed by atoms with Crippen LogP contribution in [0.15, 0.2) is 24.3 Å². The van der Waals surface area contributed by atoms with Crippen molar-refractivity contribution in [3.8, 4) is 0 Å². The van der Waals surface area contributed by atoms with Crippen molar-refractivity contribution < 1.29 is 9.90 Å². The highest BCUT2D eigenvalue weighted by atomic mass is 16.4. The van der Waals surface area contributed by atoms with Gasteiger partial charge < -0.3 is 10.4 Å². The Morgan fingerprint density at radius 3 is 2.47 bits per heavy atom. The molecule has 0 aliphatic carbocycles. The molecule has 1 aromatic rings. The van der Waals surface area contributed by atoms with E-state index in [1.807, 2.05) is 0 Å². The van der Waals surface area contributed by atoms with Crippen LogP contribution in [-0.4, -0.2) is 17.6 Å². The smallest absolute Gasteiger partial charge is 0.307 e. The lowest BCUT2D eigenvalue weighted by Gasteiger charge is -2.12. The van der Waals surface area contributed by atoms with Crippen molar-refractivity contribution in [2.45, 2.75) is 32.2 Å². The van der Waals surface area contributed by atoms with Gasteiger partial charge >= 0.3 is 5.97 Å². The van der Waals surface area contributed by atoms with Crippen molar-refractivity contribution in [3.05, 3.63) is 35.4 Å². The fraction of sp³-hybridized carbons (Fsp3) is 0.500. The molecule has 2 rings (SSSR count). The molecule has 1 aliphatic heterocycles. The lowest BCUT2D eigenvalue weighted by atomic mass is 9.96. The molecule has 1 heterocycles. The summed E-state index contributed by atoms with van der Waals surface area (Å²) in [6.07, 6.45) is 0.691. The van der Waals surface area contributed by atoms with E-state index in [1.54, 1.807) is 0 Å². The second kappa shape index (κ2) is 4.88. The average Bonchev–Trinajstić information content (AvgIpc) is 2.78. The van der Waals surface area contributed by atoms with E-state index in [9.17, 15) is 4.79 Å². The molecule has 1 aliphatic rings. The number of hydrogen-bond acceptors (Lipinski definition) is 2. The van der Waals surface area contributed by atoms with Crippen molar-refractivity contribution >= 4 is 5.97 Å². The van der Waals surface area contributed by atoms with Gasteiger partial charge in [0.1, 0.15) is 0 Å². The minimum atomic E-state index is -0.696. The average molecular weight is 233 g/mol. The predicted molar refractivity (Wildman–Crippen MR) is 67.0 cm³/mol. The second-order valence-corrected chi connectivity index (χ2v) is 5.05. The Hall–Kier alpha value is -1.35. The van der Waals surface area contributed by atoms with E-state index >= 15 is 0 Å². The standard InChI is InChI=1S/C14H19NO2/c1-9(2)10-3-5-11(6-4-10)13-7-12(8-15-13)14(16)17/h3-6,9,12-13,15H,7-8H2,1-2H3,(H,16,17).